The average Bonchev–Trinajstić information content (AvgIpc) is 2.71. The molecule has 4 nitrogen and oxygen atoms in total. The second-order valence-corrected chi connectivity index (χ2v) is 4.66. The standard InChI is InChI=1S/C14H12ClN3O/c1-9-12(8-18(2)17-9)14(19)11(7-16)10-5-3-4-6-13(10)15/h3-6,8,11H,1-2H3. The van der Waals surface area contributed by atoms with E-state index in [1.54, 1.807) is 49.1 Å². The second-order valence-electron chi connectivity index (χ2n) is 4.25. The fraction of sp³-hybridized carbons (Fsp3) is 0.214. The van der Waals surface area contributed by atoms with Gasteiger partial charge < -0.3 is 0 Å². The van der Waals surface area contributed by atoms with E-state index in [4.69, 9.17) is 11.6 Å². The minimum atomic E-state index is -0.906. The number of nitrogens with zero attached hydrogens (tertiary/aromatic N) is 3. The van der Waals surface area contributed by atoms with E-state index in [1.165, 1.54) is 0 Å². The molecule has 96 valence electrons. The Balaban J connectivity index is 2.44. The maximum absolute atomic E-state index is 12.4. The molecule has 0 radical (unpaired) electrons. The van der Waals surface area contributed by atoms with E-state index in [0.717, 1.165) is 0 Å². The predicted octanol–water partition coefficient (Wildman–Crippen LogP) is 2.87. The van der Waals surface area contributed by atoms with Crippen LogP contribution in [0.25, 0.3) is 0 Å². The summed E-state index contributed by atoms with van der Waals surface area (Å²) in [7, 11) is 1.74. The fourth-order valence-corrected chi connectivity index (χ4v) is 2.22. The third-order valence-corrected chi connectivity index (χ3v) is 3.23. The first-order valence-corrected chi connectivity index (χ1v) is 6.11. The molecule has 0 N–H and O–H groups in total. The SMILES string of the molecule is Cc1nn(C)cc1C(=O)C(C#N)c1ccccc1Cl. The van der Waals surface area contributed by atoms with Crippen LogP contribution in [0.15, 0.2) is 30.5 Å². The van der Waals surface area contributed by atoms with Gasteiger partial charge in [-0.25, -0.2) is 0 Å². The van der Waals surface area contributed by atoms with Gasteiger partial charge in [-0.1, -0.05) is 29.8 Å². The Morgan fingerprint density at radius 2 is 2.16 bits per heavy atom. The molecule has 0 aliphatic carbocycles. The molecule has 0 amide bonds. The van der Waals surface area contributed by atoms with E-state index in [9.17, 15) is 10.1 Å². The minimum absolute atomic E-state index is 0.277. The zero-order valence-electron chi connectivity index (χ0n) is 10.6. The van der Waals surface area contributed by atoms with Crippen LogP contribution in [0.4, 0.5) is 0 Å². The normalized spacial score (nSPS) is 11.9. The van der Waals surface area contributed by atoms with Crippen LogP contribution < -0.4 is 0 Å². The number of nitriles is 1. The number of halogens is 1. The number of carbonyl (C=O) groups is 1. The van der Waals surface area contributed by atoms with Gasteiger partial charge in [0.05, 0.1) is 17.3 Å². The largest absolute Gasteiger partial charge is 0.292 e. The van der Waals surface area contributed by atoms with Crippen molar-refractivity contribution in [1.29, 1.82) is 5.26 Å². The average molecular weight is 274 g/mol. The van der Waals surface area contributed by atoms with Crippen LogP contribution in [-0.4, -0.2) is 15.6 Å². The molecule has 1 aromatic carbocycles. The smallest absolute Gasteiger partial charge is 0.187 e. The van der Waals surface area contributed by atoms with Crippen molar-refractivity contribution in [2.45, 2.75) is 12.8 Å². The van der Waals surface area contributed by atoms with Gasteiger partial charge in [-0.15, -0.1) is 0 Å². The molecular weight excluding hydrogens is 262 g/mol. The van der Waals surface area contributed by atoms with Gasteiger partial charge in [0.2, 0.25) is 0 Å². The van der Waals surface area contributed by atoms with Crippen LogP contribution >= 0.6 is 11.6 Å². The predicted molar refractivity (Wildman–Crippen MR) is 72.1 cm³/mol. The lowest BCUT2D eigenvalue weighted by Gasteiger charge is -2.09. The molecule has 0 spiro atoms. The van der Waals surface area contributed by atoms with Crippen molar-refractivity contribution >= 4 is 17.4 Å². The molecule has 0 aliphatic heterocycles. The van der Waals surface area contributed by atoms with Crippen LogP contribution in [0.5, 0.6) is 0 Å². The Kier molecular flexibility index (Phi) is 3.68. The Morgan fingerprint density at radius 1 is 1.47 bits per heavy atom. The highest BCUT2D eigenvalue weighted by atomic mass is 35.5. The first-order valence-electron chi connectivity index (χ1n) is 5.73. The van der Waals surface area contributed by atoms with Gasteiger partial charge in [-0.05, 0) is 18.6 Å². The highest BCUT2D eigenvalue weighted by Gasteiger charge is 2.26. The van der Waals surface area contributed by atoms with Crippen LogP contribution in [-0.2, 0) is 7.05 Å². The van der Waals surface area contributed by atoms with Crippen molar-refractivity contribution in [3.8, 4) is 6.07 Å². The minimum Gasteiger partial charge on any atom is -0.292 e. The maximum atomic E-state index is 12.4. The summed E-state index contributed by atoms with van der Waals surface area (Å²) in [6.45, 7) is 1.74. The molecule has 0 aliphatic rings. The summed E-state index contributed by atoms with van der Waals surface area (Å²) in [6.07, 6.45) is 1.62. The highest BCUT2D eigenvalue weighted by molar-refractivity contribution is 6.31. The molecule has 0 saturated heterocycles. The van der Waals surface area contributed by atoms with Gasteiger partial charge in [0.15, 0.2) is 5.78 Å². The molecule has 19 heavy (non-hydrogen) atoms. The first-order chi connectivity index (χ1) is 9.04. The first kappa shape index (κ1) is 13.3. The summed E-state index contributed by atoms with van der Waals surface area (Å²) >= 11 is 6.05. The quantitative estimate of drug-likeness (QED) is 0.808. The number of ketones is 1. The summed E-state index contributed by atoms with van der Waals surface area (Å²) in [5, 5.41) is 13.8. The van der Waals surface area contributed by atoms with Crippen LogP contribution in [0.3, 0.4) is 0 Å². The highest BCUT2D eigenvalue weighted by Crippen LogP contribution is 2.27. The Hall–Kier alpha value is -2.12. The lowest BCUT2D eigenvalue weighted by atomic mass is 9.92. The van der Waals surface area contributed by atoms with Crippen molar-refractivity contribution in [2.24, 2.45) is 7.05 Å². The maximum Gasteiger partial charge on any atom is 0.187 e. The monoisotopic (exact) mass is 273 g/mol. The molecule has 0 fully saturated rings. The second kappa shape index (κ2) is 5.25. The third-order valence-electron chi connectivity index (χ3n) is 2.89. The topological polar surface area (TPSA) is 58.7 Å². The van der Waals surface area contributed by atoms with Crippen molar-refractivity contribution in [2.75, 3.05) is 0 Å². The Bertz CT molecular complexity index is 670. The van der Waals surface area contributed by atoms with Gasteiger partial charge in [0.1, 0.15) is 5.92 Å². The van der Waals surface area contributed by atoms with Gasteiger partial charge in [-0.3, -0.25) is 9.48 Å². The van der Waals surface area contributed by atoms with E-state index in [-0.39, 0.29) is 5.78 Å². The number of rotatable bonds is 3. The number of aryl methyl sites for hydroxylation is 2. The molecule has 2 rings (SSSR count). The molecular formula is C14H12ClN3O. The Morgan fingerprint density at radius 3 is 2.68 bits per heavy atom. The summed E-state index contributed by atoms with van der Waals surface area (Å²) in [5.41, 5.74) is 1.59. The lowest BCUT2D eigenvalue weighted by Crippen LogP contribution is -2.12. The zero-order valence-corrected chi connectivity index (χ0v) is 11.3. The van der Waals surface area contributed by atoms with Gasteiger partial charge in [0, 0.05) is 18.3 Å². The van der Waals surface area contributed by atoms with Gasteiger partial charge in [-0.2, -0.15) is 10.4 Å². The third kappa shape index (κ3) is 2.51. The van der Waals surface area contributed by atoms with E-state index in [1.807, 2.05) is 6.07 Å². The van der Waals surface area contributed by atoms with E-state index in [2.05, 4.69) is 5.10 Å². The lowest BCUT2D eigenvalue weighted by molar-refractivity contribution is 0.0978. The summed E-state index contributed by atoms with van der Waals surface area (Å²) in [4.78, 5) is 12.4. The van der Waals surface area contributed by atoms with Gasteiger partial charge >= 0.3 is 0 Å². The summed E-state index contributed by atoms with van der Waals surface area (Å²) < 4.78 is 1.56. The number of carbonyl (C=O) groups excluding carboxylic acids is 1. The zero-order chi connectivity index (χ0) is 14.0. The van der Waals surface area contributed by atoms with Gasteiger partial charge in [0.25, 0.3) is 0 Å². The molecule has 0 bridgehead atoms. The molecule has 1 atom stereocenters. The summed E-state index contributed by atoms with van der Waals surface area (Å²) in [6, 6.07) is 8.91. The van der Waals surface area contributed by atoms with Crippen LogP contribution in [0.1, 0.15) is 27.5 Å². The molecule has 1 unspecified atom stereocenters. The number of aromatic nitrogens is 2. The molecule has 2 aromatic rings. The van der Waals surface area contributed by atoms with Crippen LogP contribution in [0, 0.1) is 18.3 Å². The number of hydrogen-bond donors (Lipinski definition) is 0. The number of benzene rings is 1. The molecule has 0 saturated carbocycles. The molecule has 1 heterocycles. The van der Waals surface area contributed by atoms with Crippen molar-refractivity contribution in [1.82, 2.24) is 9.78 Å². The van der Waals surface area contributed by atoms with Crippen molar-refractivity contribution < 1.29 is 4.79 Å². The fourth-order valence-electron chi connectivity index (χ4n) is 1.98. The molecule has 1 aromatic heterocycles. The van der Waals surface area contributed by atoms with Crippen molar-refractivity contribution in [3.63, 3.8) is 0 Å². The molecule has 5 heteroatoms. The Labute approximate surface area is 116 Å². The van der Waals surface area contributed by atoms with Crippen LogP contribution in [0.2, 0.25) is 5.02 Å². The number of Topliss-reactive ketones (excluding diaryl/α,β-unsaturated/α-hetero) is 1. The summed E-state index contributed by atoms with van der Waals surface area (Å²) in [5.74, 6) is -1.18. The van der Waals surface area contributed by atoms with E-state index in [0.29, 0.717) is 21.8 Å². The van der Waals surface area contributed by atoms with E-state index >= 15 is 0 Å². The van der Waals surface area contributed by atoms with E-state index < -0.39 is 5.92 Å². The number of hydrogen-bond acceptors (Lipinski definition) is 3. The van der Waals surface area contributed by atoms with Crippen molar-refractivity contribution in [3.05, 3.63) is 52.3 Å².